The fraction of sp³-hybridized carbons (Fsp3) is 0.500. The molecule has 180 valence electrons. The van der Waals surface area contributed by atoms with Crippen molar-refractivity contribution in [1.29, 1.82) is 0 Å². The highest BCUT2D eigenvalue weighted by Crippen LogP contribution is 2.39. The Morgan fingerprint density at radius 3 is 2.62 bits per heavy atom. The number of piperidine rings is 1. The molecule has 1 aromatic rings. The quantitative estimate of drug-likeness (QED) is 0.573. The van der Waals surface area contributed by atoms with E-state index in [0.717, 1.165) is 31.6 Å². The number of ether oxygens (including phenoxy) is 2. The van der Waals surface area contributed by atoms with Crippen LogP contribution in [0.3, 0.4) is 0 Å². The van der Waals surface area contributed by atoms with Gasteiger partial charge in [0.15, 0.2) is 0 Å². The number of amides is 1. The highest BCUT2D eigenvalue weighted by atomic mass is 16.5. The van der Waals surface area contributed by atoms with Crippen molar-refractivity contribution in [2.45, 2.75) is 50.3 Å². The number of carbonyl (C=O) groups is 1. The number of allylic oxidation sites excluding steroid dienone is 2. The third-order valence-electron chi connectivity index (χ3n) is 6.59. The van der Waals surface area contributed by atoms with Crippen LogP contribution in [0.1, 0.15) is 25.8 Å². The summed E-state index contributed by atoms with van der Waals surface area (Å²) in [5.74, 6) is -0.665. The van der Waals surface area contributed by atoms with Gasteiger partial charge in [0, 0.05) is 55.8 Å². The Labute approximate surface area is 198 Å². The standard InChI is InChI=1S/C24H30N6O4/c1-23(2,32)15-34-24(7-6-17(10-26-24)20-11-27-28-22(20)31)29-13-18-8-19(14-29)30(18)12-16-4-5-21(33-3)25-9-16/h4-7,9-11,18-19,32H,8,12-15H2,1-3H3,(H,28,31). The first kappa shape index (κ1) is 22.9. The first-order valence-electron chi connectivity index (χ1n) is 11.4. The minimum absolute atomic E-state index is 0.121. The molecule has 34 heavy (non-hydrogen) atoms. The molecule has 0 radical (unpaired) electrons. The van der Waals surface area contributed by atoms with Crippen LogP contribution in [0.25, 0.3) is 0 Å². The normalized spacial score (nSPS) is 31.0. The summed E-state index contributed by atoms with van der Waals surface area (Å²) in [5.41, 5.74) is 3.72. The summed E-state index contributed by atoms with van der Waals surface area (Å²) in [6.07, 6.45) is 9.89. The second kappa shape index (κ2) is 8.70. The number of carbonyl (C=O) groups excluding carboxylic acids is 1. The molecule has 10 heteroatoms. The molecule has 5 aliphatic heterocycles. The Balaban J connectivity index is 1.32. The van der Waals surface area contributed by atoms with Crippen molar-refractivity contribution in [3.8, 4) is 5.88 Å². The number of dihydropyridines is 1. The van der Waals surface area contributed by atoms with Crippen molar-refractivity contribution in [2.24, 2.45) is 10.1 Å². The third kappa shape index (κ3) is 4.41. The molecular weight excluding hydrogens is 436 g/mol. The Morgan fingerprint density at radius 2 is 2.06 bits per heavy atom. The Kier molecular flexibility index (Phi) is 5.85. The van der Waals surface area contributed by atoms with E-state index in [4.69, 9.17) is 14.5 Å². The van der Waals surface area contributed by atoms with Gasteiger partial charge in [-0.25, -0.2) is 20.3 Å². The summed E-state index contributed by atoms with van der Waals surface area (Å²) in [6.45, 7) is 5.93. The molecule has 2 N–H and O–H groups in total. The van der Waals surface area contributed by atoms with Crippen molar-refractivity contribution in [3.05, 3.63) is 47.2 Å². The first-order chi connectivity index (χ1) is 16.3. The molecule has 0 aromatic carbocycles. The van der Waals surface area contributed by atoms with E-state index in [0.29, 0.717) is 29.1 Å². The average molecular weight is 467 g/mol. The van der Waals surface area contributed by atoms with E-state index >= 15 is 0 Å². The molecule has 6 heterocycles. The number of aliphatic hydroxyl groups is 1. The number of nitrogens with one attached hydrogen (secondary N) is 1. The summed E-state index contributed by atoms with van der Waals surface area (Å²) in [5, 5.41) is 14.1. The molecule has 5 aliphatic rings. The number of aromatic nitrogens is 1. The summed E-state index contributed by atoms with van der Waals surface area (Å²) in [6, 6.07) is 4.69. The third-order valence-corrected chi connectivity index (χ3v) is 6.59. The minimum Gasteiger partial charge on any atom is -0.481 e. The second-order valence-electron chi connectivity index (χ2n) is 9.75. The fourth-order valence-electron chi connectivity index (χ4n) is 4.78. The number of hydrazone groups is 1. The zero-order valence-electron chi connectivity index (χ0n) is 19.6. The van der Waals surface area contributed by atoms with Crippen LogP contribution < -0.4 is 10.2 Å². The monoisotopic (exact) mass is 466 g/mol. The molecule has 1 aromatic heterocycles. The van der Waals surface area contributed by atoms with Gasteiger partial charge in [-0.3, -0.25) is 9.69 Å². The first-order valence-corrected chi connectivity index (χ1v) is 11.4. The van der Waals surface area contributed by atoms with Crippen LogP contribution in [-0.2, 0) is 16.1 Å². The molecule has 0 aliphatic carbocycles. The largest absolute Gasteiger partial charge is 0.481 e. The van der Waals surface area contributed by atoms with E-state index in [1.807, 2.05) is 24.4 Å². The Hall–Kier alpha value is -2.92. The van der Waals surface area contributed by atoms with Crippen molar-refractivity contribution >= 4 is 18.3 Å². The number of aliphatic imine (C=N–C) groups is 1. The predicted octanol–water partition coefficient (Wildman–Crippen LogP) is 0.843. The molecule has 0 spiro atoms. The maximum atomic E-state index is 12.0. The Bertz CT molecular complexity index is 1040. The lowest BCUT2D eigenvalue weighted by Gasteiger charge is -2.59. The number of hydrogen-bond donors (Lipinski definition) is 2. The maximum absolute atomic E-state index is 12.0. The van der Waals surface area contributed by atoms with Crippen molar-refractivity contribution in [3.63, 3.8) is 0 Å². The molecule has 1 amide bonds. The lowest BCUT2D eigenvalue weighted by molar-refractivity contribution is -0.196. The summed E-state index contributed by atoms with van der Waals surface area (Å²) >= 11 is 0. The smallest absolute Gasteiger partial charge is 0.273 e. The van der Waals surface area contributed by atoms with E-state index in [2.05, 4.69) is 31.4 Å². The van der Waals surface area contributed by atoms with Crippen molar-refractivity contribution < 1.29 is 19.4 Å². The molecule has 6 rings (SSSR count). The van der Waals surface area contributed by atoms with Crippen LogP contribution >= 0.6 is 0 Å². The predicted molar refractivity (Wildman–Crippen MR) is 126 cm³/mol. The van der Waals surface area contributed by atoms with E-state index < -0.39 is 11.4 Å². The Morgan fingerprint density at radius 1 is 1.26 bits per heavy atom. The summed E-state index contributed by atoms with van der Waals surface area (Å²) in [7, 11) is 1.62. The number of pyridine rings is 1. The highest BCUT2D eigenvalue weighted by Gasteiger charge is 2.50. The van der Waals surface area contributed by atoms with Gasteiger partial charge in [-0.1, -0.05) is 12.1 Å². The average Bonchev–Trinajstić information content (AvgIpc) is 3.27. The molecule has 3 atom stereocenters. The number of piperazine rings is 1. The van der Waals surface area contributed by atoms with Gasteiger partial charge in [-0.15, -0.1) is 0 Å². The van der Waals surface area contributed by atoms with Crippen LogP contribution in [0.5, 0.6) is 5.88 Å². The summed E-state index contributed by atoms with van der Waals surface area (Å²) in [4.78, 5) is 25.8. The van der Waals surface area contributed by atoms with Gasteiger partial charge in [-0.2, -0.15) is 5.10 Å². The second-order valence-corrected chi connectivity index (χ2v) is 9.75. The van der Waals surface area contributed by atoms with E-state index in [1.165, 1.54) is 6.21 Å². The van der Waals surface area contributed by atoms with Gasteiger partial charge >= 0.3 is 0 Å². The van der Waals surface area contributed by atoms with E-state index in [9.17, 15) is 9.90 Å². The molecule has 2 bridgehead atoms. The molecule has 10 nitrogen and oxygen atoms in total. The van der Waals surface area contributed by atoms with E-state index in [-0.39, 0.29) is 12.5 Å². The van der Waals surface area contributed by atoms with Gasteiger partial charge in [-0.05, 0) is 31.9 Å². The molecular formula is C24H30N6O4. The lowest BCUT2D eigenvalue weighted by Crippen LogP contribution is -2.71. The SMILES string of the molecule is COc1ccc(CN2C3CC2CN(C2(OCC(C)(C)O)C=CC(=C4C=NNC4=O)C=N2)C3)cn1. The van der Waals surface area contributed by atoms with Crippen molar-refractivity contribution in [2.75, 3.05) is 26.8 Å². The summed E-state index contributed by atoms with van der Waals surface area (Å²) < 4.78 is 11.4. The van der Waals surface area contributed by atoms with Gasteiger partial charge in [0.05, 0.1) is 31.1 Å². The number of methoxy groups -OCH3 is 1. The van der Waals surface area contributed by atoms with Gasteiger partial charge < -0.3 is 14.6 Å². The number of rotatable bonds is 7. The van der Waals surface area contributed by atoms with Gasteiger partial charge in [0.1, 0.15) is 0 Å². The van der Waals surface area contributed by atoms with Crippen LogP contribution in [-0.4, -0.2) is 88.6 Å². The minimum atomic E-state index is -1.03. The van der Waals surface area contributed by atoms with Crippen LogP contribution in [0.4, 0.5) is 0 Å². The van der Waals surface area contributed by atoms with Crippen molar-refractivity contribution in [1.82, 2.24) is 20.2 Å². The molecule has 3 unspecified atom stereocenters. The zero-order valence-corrected chi connectivity index (χ0v) is 19.6. The van der Waals surface area contributed by atoms with Crippen LogP contribution in [0.15, 0.2) is 51.7 Å². The molecule has 0 saturated carbocycles. The lowest BCUT2D eigenvalue weighted by atomic mass is 9.86. The van der Waals surface area contributed by atoms with Gasteiger partial charge in [0.2, 0.25) is 11.7 Å². The van der Waals surface area contributed by atoms with Crippen LogP contribution in [0, 0.1) is 0 Å². The number of hydrogen-bond acceptors (Lipinski definition) is 9. The van der Waals surface area contributed by atoms with Gasteiger partial charge in [0.25, 0.3) is 5.91 Å². The van der Waals surface area contributed by atoms with Crippen LogP contribution in [0.2, 0.25) is 0 Å². The maximum Gasteiger partial charge on any atom is 0.273 e. The fourth-order valence-corrected chi connectivity index (χ4v) is 4.78. The highest BCUT2D eigenvalue weighted by molar-refractivity contribution is 6.19. The number of fused-ring (bicyclic) bond motifs is 2. The zero-order chi connectivity index (χ0) is 23.9. The topological polar surface area (TPSA) is 112 Å². The van der Waals surface area contributed by atoms with E-state index in [1.54, 1.807) is 27.2 Å². The molecule has 3 fully saturated rings. The number of nitrogens with zero attached hydrogens (tertiary/aromatic N) is 5. The molecule has 3 saturated heterocycles.